The SMILES string of the molecule is CN=C(NCc1nnc2n1CCC2)NCC1(C(=O)N(C)C)CCCC1.I. The number of amides is 1. The van der Waals surface area contributed by atoms with Crippen LogP contribution < -0.4 is 10.6 Å². The topological polar surface area (TPSA) is 87.4 Å². The molecule has 0 spiro atoms. The minimum Gasteiger partial charge on any atom is -0.355 e. The van der Waals surface area contributed by atoms with Gasteiger partial charge in [0.15, 0.2) is 11.8 Å². The predicted molar refractivity (Wildman–Crippen MR) is 112 cm³/mol. The van der Waals surface area contributed by atoms with E-state index in [2.05, 4.69) is 30.4 Å². The Kier molecular flexibility index (Phi) is 7.24. The van der Waals surface area contributed by atoms with Crippen molar-refractivity contribution in [2.24, 2.45) is 10.4 Å². The van der Waals surface area contributed by atoms with Crippen molar-refractivity contribution >= 4 is 35.8 Å². The number of carbonyl (C=O) groups is 1. The van der Waals surface area contributed by atoms with Gasteiger partial charge in [-0.1, -0.05) is 12.8 Å². The molecule has 0 saturated heterocycles. The van der Waals surface area contributed by atoms with E-state index < -0.39 is 0 Å². The standard InChI is InChI=1S/C17H29N7O.HI/c1-18-16(19-11-14-22-21-13-7-6-10-24(13)14)20-12-17(8-4-5-9-17)15(25)23(2)3;/h4-12H2,1-3H3,(H2,18,19,20);1H. The number of hydrogen-bond acceptors (Lipinski definition) is 4. The number of aryl methyl sites for hydroxylation is 1. The lowest BCUT2D eigenvalue weighted by molar-refractivity contribution is -0.138. The van der Waals surface area contributed by atoms with Crippen LogP contribution in [0.5, 0.6) is 0 Å². The highest BCUT2D eigenvalue weighted by Gasteiger charge is 2.42. The van der Waals surface area contributed by atoms with Crippen LogP contribution in [0.15, 0.2) is 4.99 Å². The number of nitrogens with one attached hydrogen (secondary N) is 2. The number of guanidine groups is 1. The molecule has 2 heterocycles. The average Bonchev–Trinajstić information content (AvgIpc) is 3.32. The van der Waals surface area contributed by atoms with E-state index in [9.17, 15) is 4.79 Å². The Balaban J connectivity index is 0.00000243. The zero-order valence-corrected chi connectivity index (χ0v) is 18.2. The van der Waals surface area contributed by atoms with Gasteiger partial charge in [-0.05, 0) is 19.3 Å². The Bertz CT molecular complexity index is 650. The Morgan fingerprint density at radius 2 is 1.96 bits per heavy atom. The van der Waals surface area contributed by atoms with Crippen molar-refractivity contribution in [3.05, 3.63) is 11.6 Å². The predicted octanol–water partition coefficient (Wildman–Crippen LogP) is 1.16. The van der Waals surface area contributed by atoms with Gasteiger partial charge in [-0.15, -0.1) is 34.2 Å². The number of halogens is 1. The highest BCUT2D eigenvalue weighted by molar-refractivity contribution is 14.0. The van der Waals surface area contributed by atoms with E-state index in [0.717, 1.165) is 56.7 Å². The third-order valence-corrected chi connectivity index (χ3v) is 5.34. The fraction of sp³-hybridized carbons (Fsp3) is 0.765. The molecule has 146 valence electrons. The molecule has 0 aromatic carbocycles. The van der Waals surface area contributed by atoms with Crippen LogP contribution in [0.2, 0.25) is 0 Å². The third-order valence-electron chi connectivity index (χ3n) is 5.34. The largest absolute Gasteiger partial charge is 0.355 e. The lowest BCUT2D eigenvalue weighted by Gasteiger charge is -2.31. The number of hydrogen-bond donors (Lipinski definition) is 2. The molecule has 3 rings (SSSR count). The summed E-state index contributed by atoms with van der Waals surface area (Å²) >= 11 is 0. The minimum absolute atomic E-state index is 0. The molecule has 1 aliphatic carbocycles. The molecule has 8 nitrogen and oxygen atoms in total. The van der Waals surface area contributed by atoms with Crippen LogP contribution in [0.25, 0.3) is 0 Å². The maximum atomic E-state index is 12.6. The first-order valence-electron chi connectivity index (χ1n) is 9.13. The van der Waals surface area contributed by atoms with Crippen LogP contribution in [0, 0.1) is 5.41 Å². The molecule has 1 fully saturated rings. The van der Waals surface area contributed by atoms with Crippen LogP contribution >= 0.6 is 24.0 Å². The van der Waals surface area contributed by atoms with Gasteiger partial charge in [0.05, 0.1) is 12.0 Å². The van der Waals surface area contributed by atoms with Gasteiger partial charge in [-0.25, -0.2) is 0 Å². The number of nitrogens with zero attached hydrogens (tertiary/aromatic N) is 5. The average molecular weight is 475 g/mol. The molecule has 1 aliphatic heterocycles. The fourth-order valence-electron chi connectivity index (χ4n) is 3.97. The summed E-state index contributed by atoms with van der Waals surface area (Å²) in [6, 6.07) is 0. The summed E-state index contributed by atoms with van der Waals surface area (Å²) in [5.74, 6) is 2.92. The van der Waals surface area contributed by atoms with Gasteiger partial charge in [-0.2, -0.15) is 0 Å². The lowest BCUT2D eigenvalue weighted by atomic mass is 9.84. The lowest BCUT2D eigenvalue weighted by Crippen LogP contribution is -2.49. The Morgan fingerprint density at radius 1 is 1.23 bits per heavy atom. The van der Waals surface area contributed by atoms with Crippen molar-refractivity contribution in [2.75, 3.05) is 27.7 Å². The third kappa shape index (κ3) is 4.29. The molecule has 2 N–H and O–H groups in total. The van der Waals surface area contributed by atoms with Crippen molar-refractivity contribution in [1.29, 1.82) is 0 Å². The number of aromatic nitrogens is 3. The summed E-state index contributed by atoms with van der Waals surface area (Å²) in [6.07, 6.45) is 6.24. The smallest absolute Gasteiger partial charge is 0.230 e. The molecule has 0 unspecified atom stereocenters. The Morgan fingerprint density at radius 3 is 2.62 bits per heavy atom. The first-order valence-corrected chi connectivity index (χ1v) is 9.13. The molecule has 0 radical (unpaired) electrons. The first kappa shape index (κ1) is 20.9. The van der Waals surface area contributed by atoms with Crippen LogP contribution in [-0.2, 0) is 24.3 Å². The van der Waals surface area contributed by atoms with E-state index in [4.69, 9.17) is 0 Å². The van der Waals surface area contributed by atoms with Gasteiger partial charge in [0.1, 0.15) is 5.82 Å². The summed E-state index contributed by atoms with van der Waals surface area (Å²) in [5, 5.41) is 15.1. The number of fused-ring (bicyclic) bond motifs is 1. The quantitative estimate of drug-likeness (QED) is 0.379. The van der Waals surface area contributed by atoms with E-state index >= 15 is 0 Å². The fourth-order valence-corrected chi connectivity index (χ4v) is 3.97. The van der Waals surface area contributed by atoms with Gasteiger partial charge in [0.25, 0.3) is 0 Å². The normalized spacial score (nSPS) is 18.2. The Labute approximate surface area is 172 Å². The van der Waals surface area contributed by atoms with Crippen LogP contribution in [0.4, 0.5) is 0 Å². The highest BCUT2D eigenvalue weighted by atomic mass is 127. The minimum atomic E-state index is -0.308. The van der Waals surface area contributed by atoms with Gasteiger partial charge in [0.2, 0.25) is 5.91 Å². The van der Waals surface area contributed by atoms with E-state index in [1.807, 2.05) is 14.1 Å². The second-order valence-corrected chi connectivity index (χ2v) is 7.25. The molecule has 1 aromatic rings. The molecule has 2 aliphatic rings. The van der Waals surface area contributed by atoms with Crippen molar-refractivity contribution < 1.29 is 4.79 Å². The number of rotatable bonds is 5. The number of carbonyl (C=O) groups excluding carboxylic acids is 1. The van der Waals surface area contributed by atoms with Gasteiger partial charge in [-0.3, -0.25) is 9.79 Å². The van der Waals surface area contributed by atoms with E-state index in [-0.39, 0.29) is 35.3 Å². The van der Waals surface area contributed by atoms with E-state index in [1.165, 1.54) is 0 Å². The van der Waals surface area contributed by atoms with Crippen LogP contribution in [-0.4, -0.2) is 59.2 Å². The molecule has 1 saturated carbocycles. The summed E-state index contributed by atoms with van der Waals surface area (Å²) < 4.78 is 2.17. The van der Waals surface area contributed by atoms with E-state index in [0.29, 0.717) is 19.0 Å². The number of aliphatic imine (C=N–C) groups is 1. The summed E-state index contributed by atoms with van der Waals surface area (Å²) in [7, 11) is 5.42. The Hall–Kier alpha value is -1.39. The molecule has 1 amide bonds. The summed E-state index contributed by atoms with van der Waals surface area (Å²) in [5.41, 5.74) is -0.308. The van der Waals surface area contributed by atoms with Gasteiger partial charge in [0, 0.05) is 40.7 Å². The molecule has 26 heavy (non-hydrogen) atoms. The van der Waals surface area contributed by atoms with Crippen LogP contribution in [0.1, 0.15) is 43.8 Å². The van der Waals surface area contributed by atoms with Crippen LogP contribution in [0.3, 0.4) is 0 Å². The van der Waals surface area contributed by atoms with Crippen molar-refractivity contribution in [1.82, 2.24) is 30.3 Å². The molecular formula is C17H30IN7O. The van der Waals surface area contributed by atoms with E-state index in [1.54, 1.807) is 11.9 Å². The monoisotopic (exact) mass is 475 g/mol. The highest BCUT2D eigenvalue weighted by Crippen LogP contribution is 2.38. The maximum Gasteiger partial charge on any atom is 0.230 e. The second kappa shape index (κ2) is 9.01. The summed E-state index contributed by atoms with van der Waals surface area (Å²) in [6.45, 7) is 2.19. The zero-order chi connectivity index (χ0) is 17.9. The maximum absolute atomic E-state index is 12.6. The molecule has 9 heteroatoms. The zero-order valence-electron chi connectivity index (χ0n) is 15.9. The second-order valence-electron chi connectivity index (χ2n) is 7.25. The first-order chi connectivity index (χ1) is 12.1. The van der Waals surface area contributed by atoms with Crippen molar-refractivity contribution in [2.45, 2.75) is 51.6 Å². The summed E-state index contributed by atoms with van der Waals surface area (Å²) in [4.78, 5) is 18.6. The molecule has 0 atom stereocenters. The molecule has 1 aromatic heterocycles. The van der Waals surface area contributed by atoms with Crippen molar-refractivity contribution in [3.63, 3.8) is 0 Å². The molecule has 0 bridgehead atoms. The molecular weight excluding hydrogens is 445 g/mol. The van der Waals surface area contributed by atoms with Gasteiger partial charge < -0.3 is 20.1 Å². The van der Waals surface area contributed by atoms with Gasteiger partial charge >= 0.3 is 0 Å². The van der Waals surface area contributed by atoms with Crippen molar-refractivity contribution in [3.8, 4) is 0 Å².